The van der Waals surface area contributed by atoms with Gasteiger partial charge in [0, 0.05) is 32.4 Å². The maximum absolute atomic E-state index is 12.6. The second-order valence-corrected chi connectivity index (χ2v) is 6.54. The van der Waals surface area contributed by atoms with Gasteiger partial charge in [-0.15, -0.1) is 0 Å². The third-order valence-electron chi connectivity index (χ3n) is 4.75. The highest BCUT2D eigenvalue weighted by Crippen LogP contribution is 2.33. The Hall–Kier alpha value is -2.57. The van der Waals surface area contributed by atoms with Gasteiger partial charge in [-0.3, -0.25) is 4.79 Å². The quantitative estimate of drug-likeness (QED) is 0.848. The lowest BCUT2D eigenvalue weighted by Gasteiger charge is -2.31. The Morgan fingerprint density at radius 3 is 3.04 bits per heavy atom. The smallest absolute Gasteiger partial charge is 0.231 e. The standard InChI is InChI=1S/C18H21N3O4/c1-12-19-18(20-25-12)14-3-2-8-21(10-14)17(22)7-5-13-4-6-15-16(9-13)24-11-23-15/h4,6,9,14H,2-3,5,7-8,10-11H2,1H3. The van der Waals surface area contributed by atoms with Crippen LogP contribution >= 0.6 is 0 Å². The number of fused-ring (bicyclic) bond motifs is 1. The van der Waals surface area contributed by atoms with Crippen LogP contribution in [-0.2, 0) is 11.2 Å². The molecule has 2 aliphatic rings. The van der Waals surface area contributed by atoms with E-state index in [4.69, 9.17) is 14.0 Å². The summed E-state index contributed by atoms with van der Waals surface area (Å²) in [5.41, 5.74) is 1.08. The Morgan fingerprint density at radius 1 is 1.32 bits per heavy atom. The second kappa shape index (κ2) is 6.74. The molecule has 0 spiro atoms. The minimum Gasteiger partial charge on any atom is -0.454 e. The number of nitrogens with zero attached hydrogens (tertiary/aromatic N) is 3. The average Bonchev–Trinajstić information content (AvgIpc) is 3.28. The third kappa shape index (κ3) is 3.45. The summed E-state index contributed by atoms with van der Waals surface area (Å²) in [6.45, 7) is 3.52. The Balaban J connectivity index is 1.34. The van der Waals surface area contributed by atoms with Crippen LogP contribution in [0.1, 0.15) is 42.5 Å². The molecule has 0 aliphatic carbocycles. The minimum atomic E-state index is 0.167. The van der Waals surface area contributed by atoms with E-state index in [1.165, 1.54) is 0 Å². The number of piperidine rings is 1. The van der Waals surface area contributed by atoms with Gasteiger partial charge in [-0.1, -0.05) is 11.2 Å². The molecule has 7 heteroatoms. The molecule has 1 amide bonds. The number of rotatable bonds is 4. The van der Waals surface area contributed by atoms with Crippen molar-refractivity contribution in [2.45, 2.75) is 38.5 Å². The fraction of sp³-hybridized carbons (Fsp3) is 0.500. The van der Waals surface area contributed by atoms with Crippen molar-refractivity contribution in [3.63, 3.8) is 0 Å². The molecule has 2 aromatic rings. The summed E-state index contributed by atoms with van der Waals surface area (Å²) in [5.74, 6) is 3.15. The molecule has 1 saturated heterocycles. The highest BCUT2D eigenvalue weighted by Gasteiger charge is 2.27. The molecular weight excluding hydrogens is 322 g/mol. The number of hydrogen-bond donors (Lipinski definition) is 0. The number of benzene rings is 1. The fourth-order valence-corrected chi connectivity index (χ4v) is 3.40. The zero-order valence-corrected chi connectivity index (χ0v) is 14.2. The molecule has 1 aromatic heterocycles. The lowest BCUT2D eigenvalue weighted by molar-refractivity contribution is -0.132. The Labute approximate surface area is 145 Å². The SMILES string of the molecule is Cc1nc(C2CCCN(C(=O)CCc3ccc4c(c3)OCO4)C2)no1. The average molecular weight is 343 g/mol. The largest absolute Gasteiger partial charge is 0.454 e. The molecule has 1 unspecified atom stereocenters. The summed E-state index contributed by atoms with van der Waals surface area (Å²) in [6.07, 6.45) is 3.13. The molecule has 0 radical (unpaired) electrons. The van der Waals surface area contributed by atoms with Crippen LogP contribution in [0.3, 0.4) is 0 Å². The van der Waals surface area contributed by atoms with E-state index in [9.17, 15) is 4.79 Å². The predicted octanol–water partition coefficient (Wildman–Crippen LogP) is 2.45. The van der Waals surface area contributed by atoms with Crippen LogP contribution in [0.5, 0.6) is 11.5 Å². The highest BCUT2D eigenvalue weighted by atomic mass is 16.7. The van der Waals surface area contributed by atoms with E-state index >= 15 is 0 Å². The molecule has 0 N–H and O–H groups in total. The Bertz CT molecular complexity index is 773. The van der Waals surface area contributed by atoms with Crippen molar-refractivity contribution < 1.29 is 18.8 Å². The molecule has 0 bridgehead atoms. The summed E-state index contributed by atoms with van der Waals surface area (Å²) in [6, 6.07) is 5.84. The number of amides is 1. The number of likely N-dealkylation sites (tertiary alicyclic amines) is 1. The van der Waals surface area contributed by atoms with E-state index in [0.29, 0.717) is 31.1 Å². The van der Waals surface area contributed by atoms with E-state index < -0.39 is 0 Å². The van der Waals surface area contributed by atoms with Crippen molar-refractivity contribution in [2.75, 3.05) is 19.9 Å². The van der Waals surface area contributed by atoms with Gasteiger partial charge in [0.1, 0.15) is 0 Å². The lowest BCUT2D eigenvalue weighted by Crippen LogP contribution is -2.39. The Morgan fingerprint density at radius 2 is 2.20 bits per heavy atom. The highest BCUT2D eigenvalue weighted by molar-refractivity contribution is 5.76. The van der Waals surface area contributed by atoms with Crippen molar-refractivity contribution >= 4 is 5.91 Å². The monoisotopic (exact) mass is 343 g/mol. The molecule has 1 fully saturated rings. The zero-order chi connectivity index (χ0) is 17.2. The molecule has 7 nitrogen and oxygen atoms in total. The summed E-state index contributed by atoms with van der Waals surface area (Å²) >= 11 is 0. The van der Waals surface area contributed by atoms with Gasteiger partial charge in [-0.2, -0.15) is 4.98 Å². The summed E-state index contributed by atoms with van der Waals surface area (Å²) in [4.78, 5) is 18.8. The number of hydrogen-bond acceptors (Lipinski definition) is 6. The van der Waals surface area contributed by atoms with Gasteiger partial charge >= 0.3 is 0 Å². The van der Waals surface area contributed by atoms with E-state index in [1.54, 1.807) is 6.92 Å². The first-order valence-corrected chi connectivity index (χ1v) is 8.65. The van der Waals surface area contributed by atoms with Gasteiger partial charge < -0.3 is 18.9 Å². The summed E-state index contributed by atoms with van der Waals surface area (Å²) in [7, 11) is 0. The van der Waals surface area contributed by atoms with Crippen LogP contribution in [0, 0.1) is 6.92 Å². The van der Waals surface area contributed by atoms with Gasteiger partial charge in [-0.25, -0.2) is 0 Å². The number of ether oxygens (including phenoxy) is 2. The van der Waals surface area contributed by atoms with E-state index in [2.05, 4.69) is 10.1 Å². The lowest BCUT2D eigenvalue weighted by atomic mass is 9.97. The van der Waals surface area contributed by atoms with Crippen LogP contribution in [0.4, 0.5) is 0 Å². The maximum Gasteiger partial charge on any atom is 0.231 e. The first-order chi connectivity index (χ1) is 12.2. The van der Waals surface area contributed by atoms with Gasteiger partial charge in [0.15, 0.2) is 17.3 Å². The molecule has 0 saturated carbocycles. The molecular formula is C18H21N3O4. The second-order valence-electron chi connectivity index (χ2n) is 6.54. The van der Waals surface area contributed by atoms with Crippen LogP contribution in [0.15, 0.2) is 22.7 Å². The van der Waals surface area contributed by atoms with Crippen LogP contribution in [0.2, 0.25) is 0 Å². The third-order valence-corrected chi connectivity index (χ3v) is 4.75. The normalized spacial score (nSPS) is 19.2. The molecule has 1 aromatic carbocycles. The first kappa shape index (κ1) is 15.9. The van der Waals surface area contributed by atoms with Crippen molar-refractivity contribution in [3.8, 4) is 11.5 Å². The van der Waals surface area contributed by atoms with Gasteiger partial charge in [0.25, 0.3) is 0 Å². The number of carbonyl (C=O) groups excluding carboxylic acids is 1. The molecule has 2 aliphatic heterocycles. The summed E-state index contributed by atoms with van der Waals surface area (Å²) < 4.78 is 15.8. The fourth-order valence-electron chi connectivity index (χ4n) is 3.40. The summed E-state index contributed by atoms with van der Waals surface area (Å²) in [5, 5.41) is 4.01. The van der Waals surface area contributed by atoms with Gasteiger partial charge in [0.05, 0.1) is 0 Å². The first-order valence-electron chi connectivity index (χ1n) is 8.65. The van der Waals surface area contributed by atoms with Gasteiger partial charge in [-0.05, 0) is 37.0 Å². The Kier molecular flexibility index (Phi) is 4.29. The zero-order valence-electron chi connectivity index (χ0n) is 14.2. The minimum absolute atomic E-state index is 0.167. The number of carbonyl (C=O) groups is 1. The molecule has 1 atom stereocenters. The van der Waals surface area contributed by atoms with Crippen LogP contribution < -0.4 is 9.47 Å². The number of aromatic nitrogens is 2. The van der Waals surface area contributed by atoms with Crippen molar-refractivity contribution in [1.82, 2.24) is 15.0 Å². The molecule has 4 rings (SSSR count). The van der Waals surface area contributed by atoms with Gasteiger partial charge in [0.2, 0.25) is 18.6 Å². The van der Waals surface area contributed by atoms with Crippen molar-refractivity contribution in [3.05, 3.63) is 35.5 Å². The molecule has 3 heterocycles. The van der Waals surface area contributed by atoms with Crippen molar-refractivity contribution in [2.24, 2.45) is 0 Å². The topological polar surface area (TPSA) is 77.7 Å². The number of aryl methyl sites for hydroxylation is 2. The molecule has 25 heavy (non-hydrogen) atoms. The van der Waals surface area contributed by atoms with E-state index in [-0.39, 0.29) is 18.6 Å². The predicted molar refractivity (Wildman–Crippen MR) is 88.5 cm³/mol. The van der Waals surface area contributed by atoms with E-state index in [0.717, 1.165) is 36.4 Å². The van der Waals surface area contributed by atoms with Crippen LogP contribution in [0.25, 0.3) is 0 Å². The van der Waals surface area contributed by atoms with E-state index in [1.807, 2.05) is 23.1 Å². The van der Waals surface area contributed by atoms with Crippen molar-refractivity contribution in [1.29, 1.82) is 0 Å². The van der Waals surface area contributed by atoms with Crippen LogP contribution in [-0.4, -0.2) is 40.8 Å². The maximum atomic E-state index is 12.6. The molecule has 132 valence electrons.